The summed E-state index contributed by atoms with van der Waals surface area (Å²) in [6.45, 7) is 1.58. The van der Waals surface area contributed by atoms with Gasteiger partial charge in [-0.3, -0.25) is 10.1 Å². The lowest BCUT2D eigenvalue weighted by Gasteiger charge is -2.06. The number of nitro groups is 1. The number of hydrogen-bond acceptors (Lipinski definition) is 5. The Bertz CT molecular complexity index is 343. The number of nitrogens with one attached hydrogen (secondary N) is 1. The molecule has 0 heterocycles. The van der Waals surface area contributed by atoms with E-state index in [0.29, 0.717) is 25.4 Å². The van der Waals surface area contributed by atoms with Crippen molar-refractivity contribution in [2.45, 2.75) is 0 Å². The van der Waals surface area contributed by atoms with Gasteiger partial charge < -0.3 is 15.2 Å². The molecule has 1 aromatic carbocycles. The summed E-state index contributed by atoms with van der Waals surface area (Å²) < 4.78 is 5.29. The van der Waals surface area contributed by atoms with Gasteiger partial charge in [-0.2, -0.15) is 0 Å². The molecule has 0 fully saturated rings. The Morgan fingerprint density at radius 1 is 1.44 bits per heavy atom. The summed E-state index contributed by atoms with van der Waals surface area (Å²) in [6.07, 6.45) is 0. The Hall–Kier alpha value is -1.66. The molecule has 0 atom stereocenters. The molecule has 16 heavy (non-hydrogen) atoms. The van der Waals surface area contributed by atoms with Gasteiger partial charge in [0.2, 0.25) is 0 Å². The molecule has 2 N–H and O–H groups in total. The van der Waals surface area contributed by atoms with Gasteiger partial charge in [-0.05, 0) is 6.07 Å². The fourth-order valence-electron chi connectivity index (χ4n) is 1.13. The van der Waals surface area contributed by atoms with Crippen molar-refractivity contribution in [2.24, 2.45) is 0 Å². The van der Waals surface area contributed by atoms with Crippen LogP contribution in [0.25, 0.3) is 0 Å². The van der Waals surface area contributed by atoms with E-state index in [1.54, 1.807) is 12.1 Å². The van der Waals surface area contributed by atoms with Crippen LogP contribution in [0.5, 0.6) is 5.75 Å². The molecular weight excluding hydrogens is 212 g/mol. The van der Waals surface area contributed by atoms with Crippen LogP contribution in [0.1, 0.15) is 0 Å². The normalized spacial score (nSPS) is 10.1. The van der Waals surface area contributed by atoms with Crippen molar-refractivity contribution in [3.63, 3.8) is 0 Å². The van der Waals surface area contributed by atoms with Crippen molar-refractivity contribution < 1.29 is 14.8 Å². The zero-order chi connectivity index (χ0) is 11.8. The first-order valence-electron chi connectivity index (χ1n) is 4.93. The van der Waals surface area contributed by atoms with Crippen LogP contribution >= 0.6 is 0 Å². The predicted molar refractivity (Wildman–Crippen MR) is 58.5 cm³/mol. The number of aliphatic hydroxyl groups excluding tert-OH is 1. The third kappa shape index (κ3) is 4.24. The molecule has 0 bridgehead atoms. The number of hydrogen-bond donors (Lipinski definition) is 2. The second-order valence-electron chi connectivity index (χ2n) is 3.08. The smallest absolute Gasteiger partial charge is 0.273 e. The highest BCUT2D eigenvalue weighted by Gasteiger charge is 2.05. The van der Waals surface area contributed by atoms with E-state index >= 15 is 0 Å². The van der Waals surface area contributed by atoms with E-state index in [4.69, 9.17) is 9.84 Å². The second kappa shape index (κ2) is 6.76. The molecule has 0 spiro atoms. The predicted octanol–water partition coefficient (Wildman–Crippen LogP) is 0.555. The lowest BCUT2D eigenvalue weighted by atomic mass is 10.3. The Balaban J connectivity index is 2.36. The van der Waals surface area contributed by atoms with E-state index in [1.807, 2.05) is 0 Å². The summed E-state index contributed by atoms with van der Waals surface area (Å²) >= 11 is 0. The van der Waals surface area contributed by atoms with Gasteiger partial charge in [0.25, 0.3) is 5.69 Å². The molecule has 6 nitrogen and oxygen atoms in total. The molecule has 0 aliphatic rings. The number of non-ortho nitro benzene ring substituents is 1. The molecule has 0 aromatic heterocycles. The zero-order valence-electron chi connectivity index (χ0n) is 8.76. The Kier molecular flexibility index (Phi) is 5.24. The van der Waals surface area contributed by atoms with Crippen LogP contribution in [0.4, 0.5) is 5.69 Å². The third-order valence-electron chi connectivity index (χ3n) is 1.86. The molecule has 0 aliphatic carbocycles. The summed E-state index contributed by atoms with van der Waals surface area (Å²) in [7, 11) is 0. The van der Waals surface area contributed by atoms with Gasteiger partial charge in [0.15, 0.2) is 0 Å². The number of nitro benzene ring substituents is 1. The number of nitrogens with zero attached hydrogens (tertiary/aromatic N) is 1. The van der Waals surface area contributed by atoms with E-state index < -0.39 is 4.92 Å². The number of aliphatic hydroxyl groups is 1. The summed E-state index contributed by atoms with van der Waals surface area (Å²) in [5.41, 5.74) is 0.0146. The molecule has 0 saturated carbocycles. The van der Waals surface area contributed by atoms with Crippen molar-refractivity contribution in [1.29, 1.82) is 0 Å². The Labute approximate surface area is 93.0 Å². The number of ether oxygens (including phenoxy) is 1. The van der Waals surface area contributed by atoms with Crippen molar-refractivity contribution in [1.82, 2.24) is 5.32 Å². The molecule has 0 amide bonds. The maximum absolute atomic E-state index is 10.5. The van der Waals surface area contributed by atoms with E-state index in [1.165, 1.54) is 12.1 Å². The van der Waals surface area contributed by atoms with Crippen LogP contribution in [-0.2, 0) is 0 Å². The first-order chi connectivity index (χ1) is 7.74. The standard InChI is InChI=1S/C10H14N2O4/c13-6-4-11-5-7-16-10-3-1-2-9(8-10)12(14)15/h1-3,8,11,13H,4-7H2. The Morgan fingerprint density at radius 2 is 2.25 bits per heavy atom. The average molecular weight is 226 g/mol. The molecule has 1 rings (SSSR count). The highest BCUT2D eigenvalue weighted by atomic mass is 16.6. The van der Waals surface area contributed by atoms with E-state index in [-0.39, 0.29) is 12.3 Å². The number of rotatable bonds is 7. The van der Waals surface area contributed by atoms with E-state index in [2.05, 4.69) is 5.32 Å². The molecule has 0 aliphatic heterocycles. The zero-order valence-corrected chi connectivity index (χ0v) is 8.76. The van der Waals surface area contributed by atoms with Crippen molar-refractivity contribution in [3.05, 3.63) is 34.4 Å². The molecular formula is C10H14N2O4. The quantitative estimate of drug-likeness (QED) is 0.403. The molecule has 6 heteroatoms. The topological polar surface area (TPSA) is 84.6 Å². The van der Waals surface area contributed by atoms with E-state index in [0.717, 1.165) is 0 Å². The van der Waals surface area contributed by atoms with Crippen LogP contribution in [0.3, 0.4) is 0 Å². The first-order valence-corrected chi connectivity index (χ1v) is 4.93. The van der Waals surface area contributed by atoms with Gasteiger partial charge in [0, 0.05) is 19.2 Å². The van der Waals surface area contributed by atoms with Crippen molar-refractivity contribution in [3.8, 4) is 5.75 Å². The van der Waals surface area contributed by atoms with Gasteiger partial charge in [-0.1, -0.05) is 6.07 Å². The van der Waals surface area contributed by atoms with Gasteiger partial charge in [0.1, 0.15) is 12.4 Å². The maximum Gasteiger partial charge on any atom is 0.273 e. The minimum atomic E-state index is -0.461. The molecule has 1 aromatic rings. The minimum Gasteiger partial charge on any atom is -0.492 e. The van der Waals surface area contributed by atoms with Gasteiger partial charge in [0.05, 0.1) is 17.6 Å². The molecule has 88 valence electrons. The second-order valence-corrected chi connectivity index (χ2v) is 3.08. The van der Waals surface area contributed by atoms with Crippen LogP contribution in [0.15, 0.2) is 24.3 Å². The first kappa shape index (κ1) is 12.4. The molecule has 0 unspecified atom stereocenters. The van der Waals surface area contributed by atoms with Gasteiger partial charge in [-0.25, -0.2) is 0 Å². The lowest BCUT2D eigenvalue weighted by molar-refractivity contribution is -0.384. The third-order valence-corrected chi connectivity index (χ3v) is 1.86. The average Bonchev–Trinajstić information content (AvgIpc) is 2.29. The summed E-state index contributed by atoms with van der Waals surface area (Å²) in [6, 6.07) is 6.04. The summed E-state index contributed by atoms with van der Waals surface area (Å²) in [5, 5.41) is 21.9. The van der Waals surface area contributed by atoms with Gasteiger partial charge >= 0.3 is 0 Å². The van der Waals surface area contributed by atoms with Crippen molar-refractivity contribution >= 4 is 5.69 Å². The van der Waals surface area contributed by atoms with Gasteiger partial charge in [-0.15, -0.1) is 0 Å². The summed E-state index contributed by atoms with van der Waals surface area (Å²) in [4.78, 5) is 10.0. The van der Waals surface area contributed by atoms with E-state index in [9.17, 15) is 10.1 Å². The fourth-order valence-corrected chi connectivity index (χ4v) is 1.13. The highest BCUT2D eigenvalue weighted by molar-refractivity contribution is 5.37. The van der Waals surface area contributed by atoms with Crippen LogP contribution in [0.2, 0.25) is 0 Å². The summed E-state index contributed by atoms with van der Waals surface area (Å²) in [5.74, 6) is 0.472. The SMILES string of the molecule is O=[N+]([O-])c1cccc(OCCNCCO)c1. The van der Waals surface area contributed by atoms with Crippen LogP contribution in [-0.4, -0.2) is 36.3 Å². The molecule has 0 radical (unpaired) electrons. The van der Waals surface area contributed by atoms with Crippen LogP contribution in [0, 0.1) is 10.1 Å². The minimum absolute atomic E-state index is 0.0146. The van der Waals surface area contributed by atoms with Crippen molar-refractivity contribution in [2.75, 3.05) is 26.3 Å². The maximum atomic E-state index is 10.5. The number of benzene rings is 1. The monoisotopic (exact) mass is 226 g/mol. The largest absolute Gasteiger partial charge is 0.492 e. The van der Waals surface area contributed by atoms with Crippen LogP contribution < -0.4 is 10.1 Å². The Morgan fingerprint density at radius 3 is 2.94 bits per heavy atom. The lowest BCUT2D eigenvalue weighted by Crippen LogP contribution is -2.23. The fraction of sp³-hybridized carbons (Fsp3) is 0.400. The molecule has 0 saturated heterocycles. The highest BCUT2D eigenvalue weighted by Crippen LogP contribution is 2.18.